The molecule has 4 nitrogen and oxygen atoms in total. The van der Waals surface area contributed by atoms with Gasteiger partial charge in [0.2, 0.25) is 5.91 Å². The molecule has 88 valence electrons. The van der Waals surface area contributed by atoms with Crippen molar-refractivity contribution < 1.29 is 9.53 Å². The summed E-state index contributed by atoms with van der Waals surface area (Å²) >= 11 is 0. The van der Waals surface area contributed by atoms with Gasteiger partial charge in [0.1, 0.15) is 0 Å². The van der Waals surface area contributed by atoms with Crippen LogP contribution in [0.15, 0.2) is 0 Å². The molecule has 0 aromatic rings. The van der Waals surface area contributed by atoms with Crippen molar-refractivity contribution in [1.82, 2.24) is 10.6 Å². The Kier molecular flexibility index (Phi) is 6.36. The third-order valence-corrected chi connectivity index (χ3v) is 2.61. The van der Waals surface area contributed by atoms with Crippen LogP contribution in [0.5, 0.6) is 0 Å². The van der Waals surface area contributed by atoms with E-state index >= 15 is 0 Å². The SMILES string of the molecule is CCCNCC(=O)NCCC1CCOC1. The fraction of sp³-hybridized carbons (Fsp3) is 0.909. The van der Waals surface area contributed by atoms with Crippen LogP contribution >= 0.6 is 0 Å². The molecule has 0 radical (unpaired) electrons. The molecule has 0 aromatic carbocycles. The highest BCUT2D eigenvalue weighted by molar-refractivity contribution is 5.77. The highest BCUT2D eigenvalue weighted by Gasteiger charge is 2.14. The predicted molar refractivity (Wildman–Crippen MR) is 59.7 cm³/mol. The molecular weight excluding hydrogens is 192 g/mol. The van der Waals surface area contributed by atoms with E-state index in [2.05, 4.69) is 17.6 Å². The summed E-state index contributed by atoms with van der Waals surface area (Å²) in [6, 6.07) is 0. The molecule has 1 heterocycles. The van der Waals surface area contributed by atoms with Gasteiger partial charge in [0.05, 0.1) is 6.54 Å². The summed E-state index contributed by atoms with van der Waals surface area (Å²) in [5.41, 5.74) is 0. The first-order valence-electron chi connectivity index (χ1n) is 5.88. The molecular formula is C11H22N2O2. The molecule has 0 saturated carbocycles. The molecule has 1 aliphatic heterocycles. The van der Waals surface area contributed by atoms with Gasteiger partial charge < -0.3 is 15.4 Å². The molecule has 1 saturated heterocycles. The van der Waals surface area contributed by atoms with Gasteiger partial charge >= 0.3 is 0 Å². The number of rotatable bonds is 7. The van der Waals surface area contributed by atoms with E-state index in [1.165, 1.54) is 0 Å². The molecule has 1 rings (SSSR count). The van der Waals surface area contributed by atoms with Crippen LogP contribution in [-0.4, -0.2) is 38.8 Å². The van der Waals surface area contributed by atoms with Gasteiger partial charge in [-0.1, -0.05) is 6.92 Å². The van der Waals surface area contributed by atoms with Crippen molar-refractivity contribution in [3.8, 4) is 0 Å². The van der Waals surface area contributed by atoms with Crippen molar-refractivity contribution in [3.05, 3.63) is 0 Å². The van der Waals surface area contributed by atoms with E-state index in [0.29, 0.717) is 12.5 Å². The molecule has 1 amide bonds. The molecule has 1 fully saturated rings. The zero-order valence-corrected chi connectivity index (χ0v) is 9.55. The van der Waals surface area contributed by atoms with Gasteiger partial charge in [0.25, 0.3) is 0 Å². The number of hydrogen-bond donors (Lipinski definition) is 2. The third kappa shape index (κ3) is 5.74. The summed E-state index contributed by atoms with van der Waals surface area (Å²) < 4.78 is 5.27. The lowest BCUT2D eigenvalue weighted by molar-refractivity contribution is -0.120. The van der Waals surface area contributed by atoms with Crippen LogP contribution in [0.25, 0.3) is 0 Å². The van der Waals surface area contributed by atoms with E-state index in [9.17, 15) is 4.79 Å². The van der Waals surface area contributed by atoms with E-state index in [-0.39, 0.29) is 5.91 Å². The van der Waals surface area contributed by atoms with Gasteiger partial charge in [0.15, 0.2) is 0 Å². The second-order valence-corrected chi connectivity index (χ2v) is 4.05. The predicted octanol–water partition coefficient (Wildman–Crippen LogP) is 0.529. The van der Waals surface area contributed by atoms with Gasteiger partial charge in [-0.2, -0.15) is 0 Å². The zero-order chi connectivity index (χ0) is 10.9. The summed E-state index contributed by atoms with van der Waals surface area (Å²) in [4.78, 5) is 11.3. The fourth-order valence-corrected chi connectivity index (χ4v) is 1.67. The maximum atomic E-state index is 11.3. The van der Waals surface area contributed by atoms with Crippen LogP contribution in [0.2, 0.25) is 0 Å². The second-order valence-electron chi connectivity index (χ2n) is 4.05. The van der Waals surface area contributed by atoms with Gasteiger partial charge in [0, 0.05) is 19.8 Å². The van der Waals surface area contributed by atoms with Crippen LogP contribution in [0, 0.1) is 5.92 Å². The molecule has 15 heavy (non-hydrogen) atoms. The Morgan fingerprint density at radius 3 is 3.00 bits per heavy atom. The molecule has 0 aromatic heterocycles. The zero-order valence-electron chi connectivity index (χ0n) is 9.55. The van der Waals surface area contributed by atoms with Crippen LogP contribution in [0.4, 0.5) is 0 Å². The minimum atomic E-state index is 0.0994. The maximum Gasteiger partial charge on any atom is 0.233 e. The third-order valence-electron chi connectivity index (χ3n) is 2.61. The lowest BCUT2D eigenvalue weighted by Gasteiger charge is -2.09. The fourth-order valence-electron chi connectivity index (χ4n) is 1.67. The average molecular weight is 214 g/mol. The molecule has 0 aliphatic carbocycles. The Morgan fingerprint density at radius 1 is 1.47 bits per heavy atom. The average Bonchev–Trinajstić information content (AvgIpc) is 2.71. The van der Waals surface area contributed by atoms with Crippen molar-refractivity contribution in [2.75, 3.05) is 32.8 Å². The van der Waals surface area contributed by atoms with Crippen LogP contribution in [0.3, 0.4) is 0 Å². The summed E-state index contributed by atoms with van der Waals surface area (Å²) in [5, 5.41) is 5.99. The molecule has 0 spiro atoms. The topological polar surface area (TPSA) is 50.4 Å². The van der Waals surface area contributed by atoms with Crippen LogP contribution < -0.4 is 10.6 Å². The number of nitrogens with one attached hydrogen (secondary N) is 2. The lowest BCUT2D eigenvalue weighted by atomic mass is 10.1. The summed E-state index contributed by atoms with van der Waals surface area (Å²) in [5.74, 6) is 0.747. The number of ether oxygens (including phenoxy) is 1. The van der Waals surface area contributed by atoms with Crippen molar-refractivity contribution in [1.29, 1.82) is 0 Å². The molecule has 4 heteroatoms. The molecule has 1 aliphatic rings. The first-order chi connectivity index (χ1) is 7.33. The highest BCUT2D eigenvalue weighted by atomic mass is 16.5. The minimum Gasteiger partial charge on any atom is -0.381 e. The Morgan fingerprint density at radius 2 is 2.33 bits per heavy atom. The van der Waals surface area contributed by atoms with E-state index in [0.717, 1.165) is 45.6 Å². The minimum absolute atomic E-state index is 0.0994. The van der Waals surface area contributed by atoms with Gasteiger partial charge in [-0.25, -0.2) is 0 Å². The number of carbonyl (C=O) groups excluding carboxylic acids is 1. The van der Waals surface area contributed by atoms with E-state index in [1.807, 2.05) is 0 Å². The van der Waals surface area contributed by atoms with Crippen molar-refractivity contribution in [2.45, 2.75) is 26.2 Å². The molecule has 2 N–H and O–H groups in total. The Hall–Kier alpha value is -0.610. The second kappa shape index (κ2) is 7.65. The van der Waals surface area contributed by atoms with Crippen molar-refractivity contribution in [2.24, 2.45) is 5.92 Å². The Labute approximate surface area is 91.8 Å². The highest BCUT2D eigenvalue weighted by Crippen LogP contribution is 2.14. The van der Waals surface area contributed by atoms with Crippen molar-refractivity contribution in [3.63, 3.8) is 0 Å². The maximum absolute atomic E-state index is 11.3. The molecule has 1 unspecified atom stereocenters. The van der Waals surface area contributed by atoms with Gasteiger partial charge in [-0.3, -0.25) is 4.79 Å². The monoisotopic (exact) mass is 214 g/mol. The van der Waals surface area contributed by atoms with Gasteiger partial charge in [-0.05, 0) is 31.7 Å². The first-order valence-corrected chi connectivity index (χ1v) is 5.88. The summed E-state index contributed by atoms with van der Waals surface area (Å²) in [6.45, 7) is 5.96. The number of amides is 1. The van der Waals surface area contributed by atoms with E-state index in [4.69, 9.17) is 4.74 Å². The Bertz CT molecular complexity index is 179. The largest absolute Gasteiger partial charge is 0.381 e. The summed E-state index contributed by atoms with van der Waals surface area (Å²) in [6.07, 6.45) is 3.25. The normalized spacial score (nSPS) is 20.5. The number of hydrogen-bond acceptors (Lipinski definition) is 3. The summed E-state index contributed by atoms with van der Waals surface area (Å²) in [7, 11) is 0. The van der Waals surface area contributed by atoms with Crippen LogP contribution in [0.1, 0.15) is 26.2 Å². The Balaban J connectivity index is 1.91. The number of carbonyl (C=O) groups is 1. The van der Waals surface area contributed by atoms with E-state index in [1.54, 1.807) is 0 Å². The van der Waals surface area contributed by atoms with Crippen molar-refractivity contribution >= 4 is 5.91 Å². The van der Waals surface area contributed by atoms with Gasteiger partial charge in [-0.15, -0.1) is 0 Å². The first kappa shape index (κ1) is 12.5. The smallest absolute Gasteiger partial charge is 0.233 e. The quantitative estimate of drug-likeness (QED) is 0.608. The standard InChI is InChI=1S/C11H22N2O2/c1-2-5-12-8-11(14)13-6-3-10-4-7-15-9-10/h10,12H,2-9H2,1H3,(H,13,14). The molecule has 0 bridgehead atoms. The van der Waals surface area contributed by atoms with Crippen LogP contribution in [-0.2, 0) is 9.53 Å². The lowest BCUT2D eigenvalue weighted by Crippen LogP contribution is -2.35. The van der Waals surface area contributed by atoms with E-state index < -0.39 is 0 Å². The molecule has 1 atom stereocenters.